The zero-order valence-electron chi connectivity index (χ0n) is 18.9. The maximum Gasteiger partial charge on any atom is 0.336 e. The van der Waals surface area contributed by atoms with E-state index in [1.54, 1.807) is 7.11 Å². The molecule has 0 saturated heterocycles. The number of nitrogens with zero attached hydrogens (tertiary/aromatic N) is 1. The van der Waals surface area contributed by atoms with E-state index in [1.165, 1.54) is 11.1 Å². The summed E-state index contributed by atoms with van der Waals surface area (Å²) < 4.78 is 11.8. The molecule has 11 nitrogen and oxygen atoms in total. The van der Waals surface area contributed by atoms with Crippen LogP contribution in [-0.2, 0) is 26.3 Å². The standard InChI is InChI=1S/C17H21NO3.C6H8O7/c1-18-8-7-17-6-5-12(19)9-14(17)21-16-13(20-2)4-3-11(10-18)15(16)17;7-3(8)1-6(13,5(11)12)2-4(9)10/h3-6,12,14,19H,7-10H2,1-2H3;13H,1-2H2,(H,7,8)(H,9,10)(H,11,12)/t12-,14-,17-;/m0./s1. The Hall–Kier alpha value is -3.15. The molecular formula is C23H29NO10. The average molecular weight is 479 g/mol. The SMILES string of the molecule is COc1ccc2c3c1O[C@H]1C[C@@H](O)C=C[C@@]31CCN(C)C2.O=C(O)CC(O)(CC(=O)O)C(=O)O. The highest BCUT2D eigenvalue weighted by Crippen LogP contribution is 2.55. The average Bonchev–Trinajstić information content (AvgIpc) is 2.98. The molecule has 1 aromatic carbocycles. The zero-order valence-corrected chi connectivity index (χ0v) is 18.9. The summed E-state index contributed by atoms with van der Waals surface area (Å²) in [7, 11) is 3.84. The minimum atomic E-state index is -2.74. The number of aliphatic carboxylic acids is 3. The van der Waals surface area contributed by atoms with Crippen LogP contribution in [0, 0.1) is 0 Å². The van der Waals surface area contributed by atoms with Gasteiger partial charge in [-0.2, -0.15) is 0 Å². The van der Waals surface area contributed by atoms with Crippen molar-refractivity contribution in [3.63, 3.8) is 0 Å². The Morgan fingerprint density at radius 1 is 1.21 bits per heavy atom. The molecule has 0 bridgehead atoms. The zero-order chi connectivity index (χ0) is 25.3. The molecule has 1 spiro atoms. The van der Waals surface area contributed by atoms with Crippen molar-refractivity contribution in [2.75, 3.05) is 20.7 Å². The number of hydrogen-bond acceptors (Lipinski definition) is 8. The molecule has 0 fully saturated rings. The highest BCUT2D eigenvalue weighted by atomic mass is 16.5. The number of aliphatic hydroxyl groups excluding tert-OH is 1. The van der Waals surface area contributed by atoms with Crippen molar-refractivity contribution in [3.8, 4) is 11.5 Å². The number of ether oxygens (including phenoxy) is 2. The molecule has 34 heavy (non-hydrogen) atoms. The monoisotopic (exact) mass is 479 g/mol. The molecule has 1 aromatic rings. The first-order chi connectivity index (χ1) is 15.9. The number of carboxylic acids is 3. The lowest BCUT2D eigenvalue weighted by Gasteiger charge is -2.35. The van der Waals surface area contributed by atoms with Gasteiger partial charge in [-0.25, -0.2) is 4.79 Å². The Labute approximate surface area is 195 Å². The largest absolute Gasteiger partial charge is 0.493 e. The quantitative estimate of drug-likeness (QED) is 0.361. The molecule has 0 unspecified atom stereocenters. The predicted octanol–water partition coefficient (Wildman–Crippen LogP) is 0.602. The Bertz CT molecular complexity index is 990. The van der Waals surface area contributed by atoms with Crippen molar-refractivity contribution in [2.24, 2.45) is 0 Å². The van der Waals surface area contributed by atoms with Crippen molar-refractivity contribution < 1.29 is 49.4 Å². The molecule has 186 valence electrons. The highest BCUT2D eigenvalue weighted by molar-refractivity contribution is 5.88. The summed E-state index contributed by atoms with van der Waals surface area (Å²) in [5.41, 5.74) is -0.255. The van der Waals surface area contributed by atoms with E-state index in [4.69, 9.17) is 29.9 Å². The summed E-state index contributed by atoms with van der Waals surface area (Å²) in [5, 5.41) is 43.8. The highest BCUT2D eigenvalue weighted by Gasteiger charge is 2.52. The van der Waals surface area contributed by atoms with Crippen LogP contribution in [0.15, 0.2) is 24.3 Å². The van der Waals surface area contributed by atoms with Crippen LogP contribution in [-0.4, -0.2) is 86.9 Å². The van der Waals surface area contributed by atoms with Crippen LogP contribution in [0.1, 0.15) is 36.8 Å². The van der Waals surface area contributed by atoms with E-state index < -0.39 is 42.5 Å². The van der Waals surface area contributed by atoms with Crippen molar-refractivity contribution >= 4 is 17.9 Å². The van der Waals surface area contributed by atoms with Crippen LogP contribution < -0.4 is 9.47 Å². The van der Waals surface area contributed by atoms with Gasteiger partial charge in [0.05, 0.1) is 31.5 Å². The Morgan fingerprint density at radius 2 is 1.85 bits per heavy atom. The van der Waals surface area contributed by atoms with E-state index in [9.17, 15) is 19.5 Å². The van der Waals surface area contributed by atoms with Crippen molar-refractivity contribution in [1.82, 2.24) is 4.90 Å². The van der Waals surface area contributed by atoms with E-state index in [0.29, 0.717) is 6.42 Å². The summed E-state index contributed by atoms with van der Waals surface area (Å²) in [4.78, 5) is 32.8. The number of carboxylic acid groups (broad SMARTS) is 3. The van der Waals surface area contributed by atoms with Crippen molar-refractivity contribution in [1.29, 1.82) is 0 Å². The predicted molar refractivity (Wildman–Crippen MR) is 117 cm³/mol. The minimum Gasteiger partial charge on any atom is -0.493 e. The van der Waals surface area contributed by atoms with E-state index >= 15 is 0 Å². The summed E-state index contributed by atoms with van der Waals surface area (Å²) in [6.07, 6.45) is 3.09. The second kappa shape index (κ2) is 9.61. The van der Waals surface area contributed by atoms with E-state index in [0.717, 1.165) is 31.0 Å². The lowest BCUT2D eigenvalue weighted by Crippen LogP contribution is -2.42. The first kappa shape index (κ1) is 25.5. The van der Waals surface area contributed by atoms with Gasteiger partial charge in [-0.3, -0.25) is 9.59 Å². The molecule has 3 aliphatic rings. The van der Waals surface area contributed by atoms with E-state index in [1.807, 2.05) is 12.1 Å². The molecule has 4 rings (SSSR count). The lowest BCUT2D eigenvalue weighted by atomic mass is 9.69. The number of benzene rings is 1. The van der Waals surface area contributed by atoms with Gasteiger partial charge in [-0.05, 0) is 31.6 Å². The maximum absolute atomic E-state index is 10.3. The molecule has 2 aliphatic heterocycles. The van der Waals surface area contributed by atoms with Gasteiger partial charge < -0.3 is 39.9 Å². The second-order valence-electron chi connectivity index (χ2n) is 8.91. The molecule has 0 amide bonds. The maximum atomic E-state index is 10.3. The topological polar surface area (TPSA) is 174 Å². The van der Waals surface area contributed by atoms with Crippen LogP contribution >= 0.6 is 0 Å². The summed E-state index contributed by atoms with van der Waals surface area (Å²) in [6.45, 7) is 1.96. The van der Waals surface area contributed by atoms with Gasteiger partial charge in [0.2, 0.25) is 0 Å². The van der Waals surface area contributed by atoms with Gasteiger partial charge in [0.25, 0.3) is 0 Å². The molecule has 0 aromatic heterocycles. The van der Waals surface area contributed by atoms with Crippen LogP contribution in [0.3, 0.4) is 0 Å². The van der Waals surface area contributed by atoms with E-state index in [2.05, 4.69) is 24.1 Å². The third kappa shape index (κ3) is 4.86. The first-order valence-electron chi connectivity index (χ1n) is 10.7. The number of carbonyl (C=O) groups is 3. The number of methoxy groups -OCH3 is 1. The molecule has 3 atom stereocenters. The van der Waals surface area contributed by atoms with Gasteiger partial charge >= 0.3 is 17.9 Å². The summed E-state index contributed by atoms with van der Waals surface area (Å²) >= 11 is 0. The summed E-state index contributed by atoms with van der Waals surface area (Å²) in [6, 6.07) is 4.16. The number of hydrogen-bond donors (Lipinski definition) is 5. The van der Waals surface area contributed by atoms with Crippen LogP contribution in [0.5, 0.6) is 11.5 Å². The van der Waals surface area contributed by atoms with Crippen LogP contribution in [0.4, 0.5) is 0 Å². The van der Waals surface area contributed by atoms with Gasteiger partial charge in [0.15, 0.2) is 17.1 Å². The second-order valence-corrected chi connectivity index (χ2v) is 8.91. The minimum absolute atomic E-state index is 0.00838. The molecule has 2 heterocycles. The van der Waals surface area contributed by atoms with Gasteiger partial charge in [-0.1, -0.05) is 18.2 Å². The van der Waals surface area contributed by atoms with Gasteiger partial charge in [0, 0.05) is 18.5 Å². The fraction of sp³-hybridized carbons (Fsp3) is 0.522. The first-order valence-corrected chi connectivity index (χ1v) is 10.7. The molecule has 1 aliphatic carbocycles. The number of aliphatic hydroxyl groups is 2. The third-order valence-corrected chi connectivity index (χ3v) is 6.43. The molecule has 0 radical (unpaired) electrons. The Morgan fingerprint density at radius 3 is 2.41 bits per heavy atom. The molecule has 5 N–H and O–H groups in total. The fourth-order valence-corrected chi connectivity index (χ4v) is 4.79. The normalized spacial score (nSPS) is 25.1. The van der Waals surface area contributed by atoms with Gasteiger partial charge in [0.1, 0.15) is 6.10 Å². The van der Waals surface area contributed by atoms with Gasteiger partial charge in [-0.15, -0.1) is 0 Å². The Kier molecular flexibility index (Phi) is 7.20. The Balaban J connectivity index is 0.000000218. The summed E-state index contributed by atoms with van der Waals surface area (Å²) in [5.74, 6) is -3.33. The van der Waals surface area contributed by atoms with E-state index in [-0.39, 0.29) is 11.5 Å². The van der Waals surface area contributed by atoms with Crippen LogP contribution in [0.25, 0.3) is 0 Å². The fourth-order valence-electron chi connectivity index (χ4n) is 4.79. The van der Waals surface area contributed by atoms with Crippen LogP contribution in [0.2, 0.25) is 0 Å². The molecular weight excluding hydrogens is 450 g/mol. The molecule has 11 heteroatoms. The third-order valence-electron chi connectivity index (χ3n) is 6.43. The van der Waals surface area contributed by atoms with Crippen molar-refractivity contribution in [2.45, 2.75) is 55.5 Å². The van der Waals surface area contributed by atoms with Crippen molar-refractivity contribution in [3.05, 3.63) is 35.4 Å². The molecule has 0 saturated carbocycles. The smallest absolute Gasteiger partial charge is 0.336 e. The number of rotatable bonds is 6. The lowest BCUT2D eigenvalue weighted by molar-refractivity contribution is -0.170.